The van der Waals surface area contributed by atoms with Gasteiger partial charge in [-0.2, -0.15) is 0 Å². The fourth-order valence-electron chi connectivity index (χ4n) is 4.47. The molecule has 5 nitrogen and oxygen atoms in total. The second-order valence-corrected chi connectivity index (χ2v) is 9.20. The number of guanidine groups is 1. The van der Waals surface area contributed by atoms with Crippen molar-refractivity contribution in [2.45, 2.75) is 58.0 Å². The second-order valence-electron chi connectivity index (χ2n) is 8.20. The summed E-state index contributed by atoms with van der Waals surface area (Å²) in [5.41, 5.74) is 1.89. The predicted octanol–water partition coefficient (Wildman–Crippen LogP) is 3.87. The van der Waals surface area contributed by atoms with Crippen molar-refractivity contribution in [2.24, 2.45) is 10.4 Å². The molecule has 1 aromatic heterocycles. The van der Waals surface area contributed by atoms with E-state index >= 15 is 0 Å². The summed E-state index contributed by atoms with van der Waals surface area (Å²) in [7, 11) is 3.67. The minimum atomic E-state index is 0. The molecular weight excluding hydrogens is 483 g/mol. The zero-order chi connectivity index (χ0) is 19.1. The molecule has 3 rings (SSSR count). The molecule has 0 radical (unpaired) electrons. The van der Waals surface area contributed by atoms with Crippen LogP contribution in [0.25, 0.3) is 0 Å². The van der Waals surface area contributed by atoms with Crippen molar-refractivity contribution in [2.75, 3.05) is 40.4 Å². The van der Waals surface area contributed by atoms with Crippen molar-refractivity contribution >= 4 is 41.3 Å². The Hall–Kier alpha value is -0.380. The lowest BCUT2D eigenvalue weighted by atomic mass is 9.83. The first kappa shape index (κ1) is 23.9. The smallest absolute Gasteiger partial charge is 0.191 e. The van der Waals surface area contributed by atoms with E-state index in [-0.39, 0.29) is 24.0 Å². The average molecular weight is 521 g/mol. The topological polar surface area (TPSA) is 48.9 Å². The maximum Gasteiger partial charge on any atom is 0.191 e. The first-order chi connectivity index (χ1) is 13.2. The molecule has 2 N–H and O–H groups in total. The van der Waals surface area contributed by atoms with Crippen molar-refractivity contribution in [1.29, 1.82) is 0 Å². The minimum absolute atomic E-state index is 0. The van der Waals surface area contributed by atoms with Crippen LogP contribution in [-0.2, 0) is 17.7 Å². The maximum atomic E-state index is 5.35. The van der Waals surface area contributed by atoms with Gasteiger partial charge in [0.05, 0.1) is 0 Å². The summed E-state index contributed by atoms with van der Waals surface area (Å²) in [6, 6.07) is 2.78. The molecule has 7 heteroatoms. The van der Waals surface area contributed by atoms with Gasteiger partial charge in [0.15, 0.2) is 5.96 Å². The highest BCUT2D eigenvalue weighted by atomic mass is 127. The molecule has 1 aliphatic carbocycles. The van der Waals surface area contributed by atoms with E-state index in [1.165, 1.54) is 37.7 Å². The van der Waals surface area contributed by atoms with Crippen molar-refractivity contribution in [3.8, 4) is 0 Å². The minimum Gasteiger partial charge on any atom is -0.385 e. The van der Waals surface area contributed by atoms with Gasteiger partial charge in [-0.1, -0.05) is 12.8 Å². The first-order valence-corrected chi connectivity index (χ1v) is 11.3. The van der Waals surface area contributed by atoms with Crippen LogP contribution < -0.4 is 10.6 Å². The summed E-state index contributed by atoms with van der Waals surface area (Å²) in [6.45, 7) is 7.31. The van der Waals surface area contributed by atoms with Crippen LogP contribution in [0.5, 0.6) is 0 Å². The number of nitrogens with zero attached hydrogens (tertiary/aromatic N) is 2. The summed E-state index contributed by atoms with van der Waals surface area (Å²) < 4.78 is 5.35. The normalized spacial score (nSPS) is 20.3. The third kappa shape index (κ3) is 6.31. The molecule has 0 amide bonds. The quantitative estimate of drug-likeness (QED) is 0.311. The highest BCUT2D eigenvalue weighted by molar-refractivity contribution is 14.0. The van der Waals surface area contributed by atoms with Gasteiger partial charge in [0.25, 0.3) is 0 Å². The molecule has 1 unspecified atom stereocenters. The molecule has 1 aromatic rings. The Labute approximate surface area is 191 Å². The number of nitrogens with one attached hydrogen (secondary N) is 2. The number of hydrogen-bond acceptors (Lipinski definition) is 4. The molecule has 28 heavy (non-hydrogen) atoms. The predicted molar refractivity (Wildman–Crippen MR) is 130 cm³/mol. The largest absolute Gasteiger partial charge is 0.385 e. The van der Waals surface area contributed by atoms with Crippen molar-refractivity contribution in [3.63, 3.8) is 0 Å². The molecule has 1 aliphatic heterocycles. The summed E-state index contributed by atoms with van der Waals surface area (Å²) in [6.07, 6.45) is 7.61. The monoisotopic (exact) mass is 520 g/mol. The third-order valence-corrected chi connectivity index (χ3v) is 7.40. The molecule has 160 valence electrons. The molecule has 0 bridgehead atoms. The van der Waals surface area contributed by atoms with E-state index in [1.54, 1.807) is 12.0 Å². The molecular formula is C21H37IN4OS. The Morgan fingerprint density at radius 2 is 2.14 bits per heavy atom. The average Bonchev–Trinajstić information content (AvgIpc) is 3.35. The van der Waals surface area contributed by atoms with Gasteiger partial charge in [0.1, 0.15) is 0 Å². The molecule has 0 saturated heterocycles. The molecule has 0 spiro atoms. The van der Waals surface area contributed by atoms with Gasteiger partial charge in [0, 0.05) is 57.9 Å². The van der Waals surface area contributed by atoms with Gasteiger partial charge in [0.2, 0.25) is 0 Å². The Kier molecular flexibility index (Phi) is 10.00. The Balaban J connectivity index is 0.00000280. The van der Waals surface area contributed by atoms with Gasteiger partial charge in [-0.05, 0) is 55.0 Å². The van der Waals surface area contributed by atoms with Crippen molar-refractivity contribution in [1.82, 2.24) is 15.5 Å². The zero-order valence-corrected chi connectivity index (χ0v) is 20.8. The highest BCUT2D eigenvalue weighted by Crippen LogP contribution is 2.40. The van der Waals surface area contributed by atoms with Crippen LogP contribution in [0.1, 0.15) is 49.5 Å². The number of rotatable bonds is 8. The Morgan fingerprint density at radius 1 is 1.36 bits per heavy atom. The van der Waals surface area contributed by atoms with E-state index in [0.29, 0.717) is 11.5 Å². The molecule has 2 aliphatic rings. The van der Waals surface area contributed by atoms with E-state index in [4.69, 9.17) is 4.74 Å². The molecule has 2 heterocycles. The van der Waals surface area contributed by atoms with E-state index < -0.39 is 0 Å². The van der Waals surface area contributed by atoms with Crippen molar-refractivity contribution in [3.05, 3.63) is 21.9 Å². The number of halogens is 1. The van der Waals surface area contributed by atoms with Crippen LogP contribution in [0.15, 0.2) is 16.4 Å². The highest BCUT2D eigenvalue weighted by Gasteiger charge is 2.33. The fraction of sp³-hybridized carbons (Fsp3) is 0.762. The van der Waals surface area contributed by atoms with Gasteiger partial charge in [-0.25, -0.2) is 0 Å². The van der Waals surface area contributed by atoms with Crippen molar-refractivity contribution < 1.29 is 4.74 Å². The summed E-state index contributed by atoms with van der Waals surface area (Å²) in [5, 5.41) is 9.37. The van der Waals surface area contributed by atoms with Gasteiger partial charge in [-0.15, -0.1) is 35.3 Å². The number of hydrogen-bond donors (Lipinski definition) is 2. The molecule has 1 saturated carbocycles. The maximum absolute atomic E-state index is 5.35. The summed E-state index contributed by atoms with van der Waals surface area (Å²) >= 11 is 1.90. The lowest BCUT2D eigenvalue weighted by Crippen LogP contribution is -2.48. The van der Waals surface area contributed by atoms with Gasteiger partial charge < -0.3 is 15.4 Å². The summed E-state index contributed by atoms with van der Waals surface area (Å²) in [5.74, 6) is 0.929. The van der Waals surface area contributed by atoms with Crippen LogP contribution in [0.2, 0.25) is 0 Å². The van der Waals surface area contributed by atoms with E-state index in [0.717, 1.165) is 45.2 Å². The fourth-order valence-corrected chi connectivity index (χ4v) is 5.36. The van der Waals surface area contributed by atoms with E-state index in [1.807, 2.05) is 18.4 Å². The molecule has 1 atom stereocenters. The van der Waals surface area contributed by atoms with Crippen LogP contribution >= 0.6 is 35.3 Å². The number of methoxy groups -OCH3 is 1. The van der Waals surface area contributed by atoms with E-state index in [9.17, 15) is 0 Å². The van der Waals surface area contributed by atoms with Crippen LogP contribution in [-0.4, -0.2) is 57.3 Å². The Morgan fingerprint density at radius 3 is 2.86 bits per heavy atom. The first-order valence-electron chi connectivity index (χ1n) is 10.4. The van der Waals surface area contributed by atoms with Crippen LogP contribution in [0, 0.1) is 5.41 Å². The lowest BCUT2D eigenvalue weighted by molar-refractivity contribution is 0.138. The number of fused-ring (bicyclic) bond motifs is 1. The Bertz CT molecular complexity index is 615. The standard InChI is InChI=1S/C21H36N4OS.HI/c1-17(25-11-6-19-18(15-25)7-13-27-19)14-23-20(22-2)24-16-21(10-12-26-3)8-4-5-9-21;/h7,13,17H,4-6,8-12,14-16H2,1-3H3,(H2,22,23,24);1H. The van der Waals surface area contributed by atoms with E-state index in [2.05, 4.69) is 38.9 Å². The number of ether oxygens (including phenoxy) is 1. The number of aliphatic imine (C=N–C) groups is 1. The SMILES string of the molecule is CN=C(NCC(C)N1CCc2sccc2C1)NCC1(CCOC)CCCC1.I. The molecule has 0 aromatic carbocycles. The van der Waals surface area contributed by atoms with Crippen LogP contribution in [0.3, 0.4) is 0 Å². The third-order valence-electron chi connectivity index (χ3n) is 6.38. The van der Waals surface area contributed by atoms with Gasteiger partial charge >= 0.3 is 0 Å². The summed E-state index contributed by atoms with van der Waals surface area (Å²) in [4.78, 5) is 8.60. The second kappa shape index (κ2) is 11.7. The molecule has 1 fully saturated rings. The number of thiophene rings is 1. The van der Waals surface area contributed by atoms with Crippen LogP contribution in [0.4, 0.5) is 0 Å². The zero-order valence-electron chi connectivity index (χ0n) is 17.6. The van der Waals surface area contributed by atoms with Gasteiger partial charge in [-0.3, -0.25) is 9.89 Å². The lowest BCUT2D eigenvalue weighted by Gasteiger charge is -2.33.